The number of hydrogen-bond acceptors (Lipinski definition) is 5. The average molecular weight is 385 g/mol. The molecule has 1 amide bonds. The van der Waals surface area contributed by atoms with E-state index in [1.807, 2.05) is 32.0 Å². The lowest BCUT2D eigenvalue weighted by Crippen LogP contribution is -2.28. The summed E-state index contributed by atoms with van der Waals surface area (Å²) in [6, 6.07) is 4.68. The lowest BCUT2D eigenvalue weighted by atomic mass is 10.1. The molecular weight excluding hydrogens is 366 g/mol. The number of carbonyl (C=O) groups is 2. The summed E-state index contributed by atoms with van der Waals surface area (Å²) in [5.74, 6) is -1.45. The first kappa shape index (κ1) is 18.8. The van der Waals surface area contributed by atoms with Crippen molar-refractivity contribution in [1.29, 1.82) is 0 Å². The number of aromatic nitrogens is 2. The molecule has 0 saturated carbocycles. The predicted octanol–water partition coefficient (Wildman–Crippen LogP) is 3.28. The van der Waals surface area contributed by atoms with Crippen molar-refractivity contribution in [3.63, 3.8) is 0 Å². The topological polar surface area (TPSA) is 101 Å². The van der Waals surface area contributed by atoms with Crippen LogP contribution in [0.3, 0.4) is 0 Å². The first-order valence-electron chi connectivity index (χ1n) is 8.32. The van der Waals surface area contributed by atoms with E-state index in [1.54, 1.807) is 6.92 Å². The zero-order chi connectivity index (χ0) is 19.9. The Kier molecular flexibility index (Phi) is 4.84. The fourth-order valence-electron chi connectivity index (χ4n) is 2.88. The van der Waals surface area contributed by atoms with Crippen LogP contribution in [0.5, 0.6) is 0 Å². The summed E-state index contributed by atoms with van der Waals surface area (Å²) in [5, 5.41) is 12.3. The molecule has 0 aliphatic carbocycles. The summed E-state index contributed by atoms with van der Waals surface area (Å²) in [6.45, 7) is 6.97. The number of aryl methyl sites for hydroxylation is 3. The Hall–Kier alpha value is -3.00. The summed E-state index contributed by atoms with van der Waals surface area (Å²) in [7, 11) is 0. The van der Waals surface area contributed by atoms with E-state index in [4.69, 9.17) is 5.11 Å². The number of aliphatic carboxylic acids is 1. The lowest BCUT2D eigenvalue weighted by molar-refractivity contribution is -0.140. The van der Waals surface area contributed by atoms with Gasteiger partial charge < -0.3 is 10.4 Å². The molecule has 2 heterocycles. The molecule has 2 N–H and O–H groups in total. The van der Waals surface area contributed by atoms with Gasteiger partial charge in [-0.1, -0.05) is 17.7 Å². The van der Waals surface area contributed by atoms with E-state index in [0.29, 0.717) is 21.0 Å². The Balaban J connectivity index is 2.04. The number of carboxylic acids is 1. The SMILES string of the molecule is Cc1ccc(NC(=O)c2sc3ncn([C@@H](C)C(=O)O)c(=O)c3c2C)c(C)c1. The summed E-state index contributed by atoms with van der Waals surface area (Å²) in [6.07, 6.45) is 1.21. The monoisotopic (exact) mass is 385 g/mol. The van der Waals surface area contributed by atoms with Crippen LogP contribution in [0.2, 0.25) is 0 Å². The second-order valence-corrected chi connectivity index (χ2v) is 7.48. The van der Waals surface area contributed by atoms with E-state index in [1.165, 1.54) is 13.3 Å². The zero-order valence-corrected chi connectivity index (χ0v) is 16.2. The van der Waals surface area contributed by atoms with Crippen LogP contribution in [0.4, 0.5) is 5.69 Å². The van der Waals surface area contributed by atoms with E-state index in [0.717, 1.165) is 27.0 Å². The Morgan fingerprint density at radius 1 is 1.26 bits per heavy atom. The van der Waals surface area contributed by atoms with Gasteiger partial charge in [-0.15, -0.1) is 11.3 Å². The molecule has 0 fully saturated rings. The second kappa shape index (κ2) is 6.96. The van der Waals surface area contributed by atoms with Crippen LogP contribution < -0.4 is 10.9 Å². The minimum absolute atomic E-state index is 0.279. The van der Waals surface area contributed by atoms with Crippen molar-refractivity contribution in [2.45, 2.75) is 33.7 Å². The first-order valence-corrected chi connectivity index (χ1v) is 9.14. The molecule has 8 heteroatoms. The van der Waals surface area contributed by atoms with Gasteiger partial charge >= 0.3 is 5.97 Å². The van der Waals surface area contributed by atoms with Crippen LogP contribution in [0.1, 0.15) is 39.3 Å². The number of thiophene rings is 1. The van der Waals surface area contributed by atoms with Crippen molar-refractivity contribution in [2.24, 2.45) is 0 Å². The maximum atomic E-state index is 12.7. The van der Waals surface area contributed by atoms with Crippen molar-refractivity contribution >= 4 is 39.1 Å². The van der Waals surface area contributed by atoms with Gasteiger partial charge in [0.1, 0.15) is 10.9 Å². The summed E-state index contributed by atoms with van der Waals surface area (Å²) in [5.41, 5.74) is 2.78. The maximum Gasteiger partial charge on any atom is 0.326 e. The molecule has 27 heavy (non-hydrogen) atoms. The van der Waals surface area contributed by atoms with E-state index < -0.39 is 17.6 Å². The fraction of sp³-hybridized carbons (Fsp3) is 0.263. The van der Waals surface area contributed by atoms with Crippen molar-refractivity contribution < 1.29 is 14.7 Å². The molecule has 1 aromatic carbocycles. The number of carboxylic acid groups (broad SMARTS) is 1. The van der Waals surface area contributed by atoms with Crippen molar-refractivity contribution in [2.75, 3.05) is 5.32 Å². The van der Waals surface area contributed by atoms with Crippen molar-refractivity contribution in [3.8, 4) is 0 Å². The third-order valence-electron chi connectivity index (χ3n) is 4.49. The molecular formula is C19H19N3O4S. The number of rotatable bonds is 4. The molecule has 0 saturated heterocycles. The summed E-state index contributed by atoms with van der Waals surface area (Å²) < 4.78 is 1.07. The minimum atomic E-state index is -1.13. The van der Waals surface area contributed by atoms with E-state index in [2.05, 4.69) is 10.3 Å². The van der Waals surface area contributed by atoms with Gasteiger partial charge in [0.25, 0.3) is 11.5 Å². The number of nitrogens with one attached hydrogen (secondary N) is 1. The number of nitrogens with zero attached hydrogens (tertiary/aromatic N) is 2. The molecule has 2 aromatic heterocycles. The maximum absolute atomic E-state index is 12.7. The van der Waals surface area contributed by atoms with E-state index >= 15 is 0 Å². The highest BCUT2D eigenvalue weighted by Gasteiger charge is 2.22. The molecule has 0 spiro atoms. The smallest absolute Gasteiger partial charge is 0.326 e. The predicted molar refractivity (Wildman–Crippen MR) is 105 cm³/mol. The summed E-state index contributed by atoms with van der Waals surface area (Å²) >= 11 is 1.12. The molecule has 3 aromatic rings. The number of amides is 1. The molecule has 1 atom stereocenters. The van der Waals surface area contributed by atoms with Gasteiger partial charge in [-0.3, -0.25) is 14.2 Å². The Morgan fingerprint density at radius 2 is 1.96 bits per heavy atom. The number of fused-ring (bicyclic) bond motifs is 1. The number of carbonyl (C=O) groups excluding carboxylic acids is 1. The first-order chi connectivity index (χ1) is 12.7. The van der Waals surface area contributed by atoms with Crippen LogP contribution in [0, 0.1) is 20.8 Å². The Morgan fingerprint density at radius 3 is 2.59 bits per heavy atom. The van der Waals surface area contributed by atoms with Gasteiger partial charge in [-0.25, -0.2) is 9.78 Å². The standard InChI is InChI=1S/C19H19N3O4S/c1-9-5-6-13(10(2)7-9)21-16(23)15-11(3)14-17(27-15)20-8-22(18(14)24)12(4)19(25)26/h5-8,12H,1-4H3,(H,21,23)(H,25,26)/t12-/m0/s1. The normalized spacial score (nSPS) is 12.1. The minimum Gasteiger partial charge on any atom is -0.480 e. The number of benzene rings is 1. The highest BCUT2D eigenvalue weighted by atomic mass is 32.1. The van der Waals surface area contributed by atoms with Crippen molar-refractivity contribution in [3.05, 3.63) is 56.4 Å². The highest BCUT2D eigenvalue weighted by molar-refractivity contribution is 7.20. The molecule has 0 radical (unpaired) electrons. The van der Waals surface area contributed by atoms with Crippen LogP contribution in [0.15, 0.2) is 29.3 Å². The summed E-state index contributed by atoms with van der Waals surface area (Å²) in [4.78, 5) is 41.6. The fourth-order valence-corrected chi connectivity index (χ4v) is 3.92. The molecule has 0 unspecified atom stereocenters. The number of hydrogen-bond donors (Lipinski definition) is 2. The zero-order valence-electron chi connectivity index (χ0n) is 15.4. The third kappa shape index (κ3) is 3.35. The molecule has 0 aliphatic rings. The third-order valence-corrected chi connectivity index (χ3v) is 5.69. The Bertz CT molecular complexity index is 1130. The second-order valence-electron chi connectivity index (χ2n) is 6.48. The van der Waals surface area contributed by atoms with Crippen LogP contribution in [-0.4, -0.2) is 26.5 Å². The molecule has 140 valence electrons. The van der Waals surface area contributed by atoms with Crippen molar-refractivity contribution in [1.82, 2.24) is 9.55 Å². The molecule has 3 rings (SSSR count). The van der Waals surface area contributed by atoms with E-state index in [-0.39, 0.29) is 11.3 Å². The quantitative estimate of drug-likeness (QED) is 0.718. The Labute approximate surface area is 159 Å². The van der Waals surface area contributed by atoms with Crippen LogP contribution in [-0.2, 0) is 4.79 Å². The van der Waals surface area contributed by atoms with Gasteiger partial charge in [0.2, 0.25) is 0 Å². The van der Waals surface area contributed by atoms with Gasteiger partial charge in [0.15, 0.2) is 0 Å². The molecule has 7 nitrogen and oxygen atoms in total. The van der Waals surface area contributed by atoms with E-state index in [9.17, 15) is 14.4 Å². The van der Waals surface area contributed by atoms with Gasteiger partial charge in [-0.05, 0) is 44.9 Å². The largest absolute Gasteiger partial charge is 0.480 e. The molecule has 0 aliphatic heterocycles. The van der Waals surface area contributed by atoms with Gasteiger partial charge in [0, 0.05) is 5.69 Å². The molecule has 0 bridgehead atoms. The highest BCUT2D eigenvalue weighted by Crippen LogP contribution is 2.28. The lowest BCUT2D eigenvalue weighted by Gasteiger charge is -2.09. The van der Waals surface area contributed by atoms with Crippen LogP contribution >= 0.6 is 11.3 Å². The van der Waals surface area contributed by atoms with Crippen LogP contribution in [0.25, 0.3) is 10.2 Å². The van der Waals surface area contributed by atoms with Gasteiger partial charge in [-0.2, -0.15) is 0 Å². The van der Waals surface area contributed by atoms with Gasteiger partial charge in [0.05, 0.1) is 16.6 Å². The number of anilines is 1. The average Bonchev–Trinajstić information content (AvgIpc) is 2.94.